The lowest BCUT2D eigenvalue weighted by molar-refractivity contribution is -0.122. The Morgan fingerprint density at radius 2 is 1.95 bits per heavy atom. The van der Waals surface area contributed by atoms with E-state index in [1.54, 1.807) is 12.1 Å². The van der Waals surface area contributed by atoms with Gasteiger partial charge in [-0.15, -0.1) is 0 Å². The van der Waals surface area contributed by atoms with Crippen molar-refractivity contribution in [3.63, 3.8) is 0 Å². The van der Waals surface area contributed by atoms with Crippen LogP contribution in [0.2, 0.25) is 0 Å². The Balaban J connectivity index is 2.50. The minimum atomic E-state index is -3.69. The fourth-order valence-corrected chi connectivity index (χ4v) is 2.26. The van der Waals surface area contributed by atoms with Gasteiger partial charge in [0, 0.05) is 13.1 Å². The fraction of sp³-hybridized carbons (Fsp3) is 0.462. The van der Waals surface area contributed by atoms with Crippen LogP contribution in [0.15, 0.2) is 29.2 Å². The number of carbonyl (C=O) groups is 1. The molecule has 118 valence electrons. The van der Waals surface area contributed by atoms with Crippen molar-refractivity contribution in [2.24, 2.45) is 5.14 Å². The highest BCUT2D eigenvalue weighted by molar-refractivity contribution is 7.89. The van der Waals surface area contributed by atoms with Crippen LogP contribution in [0.1, 0.15) is 12.5 Å². The van der Waals surface area contributed by atoms with Crippen LogP contribution in [-0.4, -0.2) is 50.6 Å². The maximum absolute atomic E-state index is 11.7. The third-order valence-corrected chi connectivity index (χ3v) is 3.90. The lowest BCUT2D eigenvalue weighted by Crippen LogP contribution is -2.38. The average Bonchev–Trinajstić information content (AvgIpc) is 2.44. The van der Waals surface area contributed by atoms with E-state index in [4.69, 9.17) is 10.2 Å². The van der Waals surface area contributed by atoms with E-state index >= 15 is 0 Å². The first-order valence-electron chi connectivity index (χ1n) is 6.58. The van der Waals surface area contributed by atoms with Crippen LogP contribution in [-0.2, 0) is 21.4 Å². The second-order valence-electron chi connectivity index (χ2n) is 4.56. The molecule has 1 aromatic carbocycles. The van der Waals surface area contributed by atoms with E-state index in [2.05, 4.69) is 5.32 Å². The van der Waals surface area contributed by atoms with Gasteiger partial charge >= 0.3 is 0 Å². The molecule has 0 bridgehead atoms. The van der Waals surface area contributed by atoms with E-state index in [-0.39, 0.29) is 24.0 Å². The number of hydrogen-bond donors (Lipinski definition) is 3. The van der Waals surface area contributed by atoms with Gasteiger partial charge in [-0.3, -0.25) is 9.69 Å². The summed E-state index contributed by atoms with van der Waals surface area (Å²) < 4.78 is 22.2. The van der Waals surface area contributed by atoms with Crippen molar-refractivity contribution >= 4 is 15.9 Å². The molecule has 0 saturated carbocycles. The van der Waals surface area contributed by atoms with Gasteiger partial charge in [-0.25, -0.2) is 13.6 Å². The van der Waals surface area contributed by atoms with Gasteiger partial charge in [0.15, 0.2) is 0 Å². The van der Waals surface area contributed by atoms with Crippen molar-refractivity contribution in [2.45, 2.75) is 18.4 Å². The number of sulfonamides is 1. The molecule has 4 N–H and O–H groups in total. The Kier molecular flexibility index (Phi) is 6.76. The maximum Gasteiger partial charge on any atom is 0.238 e. The quantitative estimate of drug-likeness (QED) is 0.585. The molecule has 1 amide bonds. The van der Waals surface area contributed by atoms with Crippen molar-refractivity contribution < 1.29 is 18.3 Å². The van der Waals surface area contributed by atoms with Gasteiger partial charge < -0.3 is 10.4 Å². The monoisotopic (exact) mass is 315 g/mol. The summed E-state index contributed by atoms with van der Waals surface area (Å²) in [6, 6.07) is 6.01. The number of rotatable bonds is 8. The molecule has 0 aliphatic heterocycles. The molecule has 8 heteroatoms. The van der Waals surface area contributed by atoms with E-state index in [0.29, 0.717) is 19.6 Å². The number of hydrogen-bond acceptors (Lipinski definition) is 5. The average molecular weight is 315 g/mol. The number of amides is 1. The number of likely N-dealkylation sites (N-methyl/N-ethyl adjacent to an activating group) is 1. The van der Waals surface area contributed by atoms with Crippen LogP contribution in [0, 0.1) is 0 Å². The molecule has 0 heterocycles. The number of carbonyl (C=O) groups excluding carboxylic acids is 1. The highest BCUT2D eigenvalue weighted by atomic mass is 32.2. The van der Waals surface area contributed by atoms with E-state index in [0.717, 1.165) is 5.56 Å². The minimum absolute atomic E-state index is 0.0101. The maximum atomic E-state index is 11.7. The van der Waals surface area contributed by atoms with E-state index in [1.807, 2.05) is 11.8 Å². The molecule has 21 heavy (non-hydrogen) atoms. The Morgan fingerprint density at radius 3 is 2.43 bits per heavy atom. The molecule has 0 atom stereocenters. The summed E-state index contributed by atoms with van der Waals surface area (Å²) in [6.07, 6.45) is 0. The summed E-state index contributed by atoms with van der Waals surface area (Å²) in [4.78, 5) is 13.6. The molecule has 0 unspecified atom stereocenters. The summed E-state index contributed by atoms with van der Waals surface area (Å²) in [7, 11) is -3.69. The van der Waals surface area contributed by atoms with Gasteiger partial charge in [0.1, 0.15) is 0 Å². The van der Waals surface area contributed by atoms with Crippen molar-refractivity contribution in [2.75, 3.05) is 26.2 Å². The first-order valence-corrected chi connectivity index (χ1v) is 8.13. The Hall–Kier alpha value is -1.48. The van der Waals surface area contributed by atoms with Crippen LogP contribution < -0.4 is 10.5 Å². The van der Waals surface area contributed by atoms with E-state index < -0.39 is 10.0 Å². The molecular weight excluding hydrogens is 294 g/mol. The molecule has 0 aromatic heterocycles. The van der Waals surface area contributed by atoms with Crippen molar-refractivity contribution in [1.82, 2.24) is 10.2 Å². The van der Waals surface area contributed by atoms with Crippen LogP contribution in [0.25, 0.3) is 0 Å². The number of benzene rings is 1. The highest BCUT2D eigenvalue weighted by Gasteiger charge is 2.09. The number of nitrogens with zero attached hydrogens (tertiary/aromatic N) is 1. The van der Waals surface area contributed by atoms with Crippen molar-refractivity contribution in [3.05, 3.63) is 29.8 Å². The zero-order valence-electron chi connectivity index (χ0n) is 11.9. The third kappa shape index (κ3) is 6.21. The summed E-state index contributed by atoms with van der Waals surface area (Å²) >= 11 is 0. The van der Waals surface area contributed by atoms with Gasteiger partial charge in [-0.2, -0.15) is 0 Å². The second-order valence-corrected chi connectivity index (χ2v) is 6.12. The SMILES string of the molecule is CCN(CCO)CC(=O)NCc1ccc(S(N)(=O)=O)cc1. The topological polar surface area (TPSA) is 113 Å². The molecule has 0 radical (unpaired) electrons. The largest absolute Gasteiger partial charge is 0.395 e. The smallest absolute Gasteiger partial charge is 0.238 e. The molecule has 0 aliphatic rings. The lowest BCUT2D eigenvalue weighted by Gasteiger charge is -2.18. The van der Waals surface area contributed by atoms with Crippen LogP contribution in [0.4, 0.5) is 0 Å². The second kappa shape index (κ2) is 8.08. The summed E-state index contributed by atoms with van der Waals surface area (Å²) in [5.74, 6) is -0.152. The molecule has 0 aliphatic carbocycles. The summed E-state index contributed by atoms with van der Waals surface area (Å²) in [5, 5.41) is 16.6. The van der Waals surface area contributed by atoms with E-state index in [1.165, 1.54) is 12.1 Å². The highest BCUT2D eigenvalue weighted by Crippen LogP contribution is 2.08. The summed E-state index contributed by atoms with van der Waals surface area (Å²) in [5.41, 5.74) is 0.779. The van der Waals surface area contributed by atoms with Crippen molar-refractivity contribution in [1.29, 1.82) is 0 Å². The van der Waals surface area contributed by atoms with Crippen molar-refractivity contribution in [3.8, 4) is 0 Å². The van der Waals surface area contributed by atoms with Gasteiger partial charge in [0.05, 0.1) is 18.0 Å². The standard InChI is InChI=1S/C13H21N3O4S/c1-2-16(7-8-17)10-13(18)15-9-11-3-5-12(6-4-11)21(14,19)20/h3-6,17H,2,7-10H2,1H3,(H,15,18)(H2,14,19,20). The van der Waals surface area contributed by atoms with Gasteiger partial charge in [0.2, 0.25) is 15.9 Å². The number of aliphatic hydroxyl groups is 1. The first kappa shape index (κ1) is 17.6. The zero-order chi connectivity index (χ0) is 15.9. The molecule has 7 nitrogen and oxygen atoms in total. The predicted octanol–water partition coefficient (Wildman–Crippen LogP) is -0.736. The van der Waals surface area contributed by atoms with Crippen LogP contribution in [0.5, 0.6) is 0 Å². The number of primary sulfonamides is 1. The minimum Gasteiger partial charge on any atom is -0.395 e. The van der Waals surface area contributed by atoms with Crippen LogP contribution in [0.3, 0.4) is 0 Å². The normalized spacial score (nSPS) is 11.6. The third-order valence-electron chi connectivity index (χ3n) is 2.97. The molecule has 1 aromatic rings. The Bertz CT molecular complexity index is 557. The zero-order valence-corrected chi connectivity index (χ0v) is 12.8. The first-order chi connectivity index (χ1) is 9.86. The number of nitrogens with two attached hydrogens (primary N) is 1. The number of nitrogens with one attached hydrogen (secondary N) is 1. The van der Waals surface area contributed by atoms with Crippen LogP contribution >= 0.6 is 0 Å². The fourth-order valence-electron chi connectivity index (χ4n) is 1.75. The number of aliphatic hydroxyl groups excluding tert-OH is 1. The predicted molar refractivity (Wildman–Crippen MR) is 78.9 cm³/mol. The molecule has 1 rings (SSSR count). The molecule has 0 fully saturated rings. The Labute approximate surface area is 124 Å². The molecular formula is C13H21N3O4S. The molecule has 0 spiro atoms. The Morgan fingerprint density at radius 1 is 1.33 bits per heavy atom. The van der Waals surface area contributed by atoms with E-state index in [9.17, 15) is 13.2 Å². The van der Waals surface area contributed by atoms with Gasteiger partial charge in [-0.1, -0.05) is 19.1 Å². The molecule has 0 saturated heterocycles. The van der Waals surface area contributed by atoms with Gasteiger partial charge in [0.25, 0.3) is 0 Å². The summed E-state index contributed by atoms with van der Waals surface area (Å²) in [6.45, 7) is 3.57. The van der Waals surface area contributed by atoms with Gasteiger partial charge in [-0.05, 0) is 24.2 Å². The lowest BCUT2D eigenvalue weighted by atomic mass is 10.2.